The predicted molar refractivity (Wildman–Crippen MR) is 60.7 cm³/mol. The minimum Gasteiger partial charge on any atom is -0.338 e. The van der Waals surface area contributed by atoms with E-state index in [1.807, 2.05) is 0 Å². The standard InChI is InChI=1S/C13H16FNO/c1-2-10-7-8-15(9-10)13(16)11-5-3-4-6-12(11)14/h3-6,10H,2,7-9H2,1H3. The summed E-state index contributed by atoms with van der Waals surface area (Å²) >= 11 is 0. The van der Waals surface area contributed by atoms with Crippen LogP contribution in [0.1, 0.15) is 30.1 Å². The summed E-state index contributed by atoms with van der Waals surface area (Å²) in [4.78, 5) is 13.8. The average Bonchev–Trinajstić information content (AvgIpc) is 2.77. The van der Waals surface area contributed by atoms with E-state index in [4.69, 9.17) is 0 Å². The summed E-state index contributed by atoms with van der Waals surface area (Å²) in [5.74, 6) is -0.0165. The van der Waals surface area contributed by atoms with Crippen LogP contribution in [0.5, 0.6) is 0 Å². The van der Waals surface area contributed by atoms with Crippen LogP contribution in [-0.2, 0) is 0 Å². The number of carbonyl (C=O) groups excluding carboxylic acids is 1. The third-order valence-electron chi connectivity index (χ3n) is 3.25. The van der Waals surface area contributed by atoms with Crippen molar-refractivity contribution in [2.45, 2.75) is 19.8 Å². The highest BCUT2D eigenvalue weighted by atomic mass is 19.1. The summed E-state index contributed by atoms with van der Waals surface area (Å²) in [6.07, 6.45) is 2.12. The lowest BCUT2D eigenvalue weighted by Crippen LogP contribution is -2.29. The van der Waals surface area contributed by atoms with Crippen molar-refractivity contribution < 1.29 is 9.18 Å². The van der Waals surface area contributed by atoms with Crippen molar-refractivity contribution in [3.8, 4) is 0 Å². The molecule has 1 aromatic carbocycles. The van der Waals surface area contributed by atoms with Crippen molar-refractivity contribution >= 4 is 5.91 Å². The number of halogens is 1. The maximum absolute atomic E-state index is 13.4. The number of benzene rings is 1. The second-order valence-electron chi connectivity index (χ2n) is 4.29. The number of nitrogens with zero attached hydrogens (tertiary/aromatic N) is 1. The molecule has 0 radical (unpaired) electrons. The van der Waals surface area contributed by atoms with E-state index < -0.39 is 5.82 Å². The molecule has 1 aliphatic rings. The van der Waals surface area contributed by atoms with Gasteiger partial charge in [0.2, 0.25) is 0 Å². The second kappa shape index (κ2) is 4.64. The van der Waals surface area contributed by atoms with Gasteiger partial charge in [0.1, 0.15) is 5.82 Å². The molecule has 86 valence electrons. The van der Waals surface area contributed by atoms with E-state index in [0.29, 0.717) is 5.92 Å². The highest BCUT2D eigenvalue weighted by Crippen LogP contribution is 2.21. The van der Waals surface area contributed by atoms with E-state index in [2.05, 4.69) is 6.92 Å². The smallest absolute Gasteiger partial charge is 0.256 e. The lowest BCUT2D eigenvalue weighted by molar-refractivity contribution is 0.0782. The van der Waals surface area contributed by atoms with E-state index in [1.165, 1.54) is 6.07 Å². The number of carbonyl (C=O) groups is 1. The Labute approximate surface area is 95.1 Å². The Bertz CT molecular complexity index is 391. The fraction of sp³-hybridized carbons (Fsp3) is 0.462. The van der Waals surface area contributed by atoms with Gasteiger partial charge in [0, 0.05) is 13.1 Å². The van der Waals surface area contributed by atoms with Gasteiger partial charge in [-0.25, -0.2) is 4.39 Å². The number of hydrogen-bond donors (Lipinski definition) is 0. The maximum atomic E-state index is 13.4. The molecule has 1 atom stereocenters. The number of amides is 1. The highest BCUT2D eigenvalue weighted by molar-refractivity contribution is 5.94. The molecule has 2 rings (SSSR count). The van der Waals surface area contributed by atoms with E-state index in [-0.39, 0.29) is 11.5 Å². The Morgan fingerprint density at radius 2 is 2.25 bits per heavy atom. The first kappa shape index (κ1) is 11.1. The van der Waals surface area contributed by atoms with Gasteiger partial charge < -0.3 is 4.90 Å². The molecule has 3 heteroatoms. The first-order valence-corrected chi connectivity index (χ1v) is 5.76. The third-order valence-corrected chi connectivity index (χ3v) is 3.25. The van der Waals surface area contributed by atoms with E-state index in [9.17, 15) is 9.18 Å². The van der Waals surface area contributed by atoms with Crippen LogP contribution in [0.3, 0.4) is 0 Å². The second-order valence-corrected chi connectivity index (χ2v) is 4.29. The van der Waals surface area contributed by atoms with Crippen molar-refractivity contribution in [1.82, 2.24) is 4.90 Å². The van der Waals surface area contributed by atoms with Gasteiger partial charge in [0.15, 0.2) is 0 Å². The molecule has 1 aromatic rings. The van der Waals surface area contributed by atoms with Crippen molar-refractivity contribution in [1.29, 1.82) is 0 Å². The molecule has 1 fully saturated rings. The van der Waals surface area contributed by atoms with Crippen LogP contribution in [0, 0.1) is 11.7 Å². The zero-order valence-corrected chi connectivity index (χ0v) is 9.45. The number of likely N-dealkylation sites (tertiary alicyclic amines) is 1. The molecule has 0 N–H and O–H groups in total. The molecule has 1 aliphatic heterocycles. The van der Waals surface area contributed by atoms with Crippen molar-refractivity contribution in [3.05, 3.63) is 35.6 Å². The van der Waals surface area contributed by atoms with Gasteiger partial charge in [-0.1, -0.05) is 25.5 Å². The Balaban J connectivity index is 2.12. The SMILES string of the molecule is CCC1CCN(C(=O)c2ccccc2F)C1. The molecule has 0 bridgehead atoms. The van der Waals surface area contributed by atoms with Crippen molar-refractivity contribution in [2.24, 2.45) is 5.92 Å². The normalized spacial score (nSPS) is 20.1. The Kier molecular flexibility index (Phi) is 3.22. The fourth-order valence-electron chi connectivity index (χ4n) is 2.16. The van der Waals surface area contributed by atoms with E-state index >= 15 is 0 Å². The number of hydrogen-bond acceptors (Lipinski definition) is 1. The molecule has 0 spiro atoms. The van der Waals surface area contributed by atoms with Crippen LogP contribution in [0.2, 0.25) is 0 Å². The van der Waals surface area contributed by atoms with Gasteiger partial charge in [-0.15, -0.1) is 0 Å². The van der Waals surface area contributed by atoms with Crippen LogP contribution >= 0.6 is 0 Å². The van der Waals surface area contributed by atoms with Gasteiger partial charge in [-0.05, 0) is 24.5 Å². The minimum absolute atomic E-state index is 0.172. The van der Waals surface area contributed by atoms with Gasteiger partial charge in [0.25, 0.3) is 5.91 Å². The summed E-state index contributed by atoms with van der Waals surface area (Å²) in [5, 5.41) is 0. The zero-order valence-electron chi connectivity index (χ0n) is 9.45. The molecular formula is C13H16FNO. The molecule has 0 saturated carbocycles. The zero-order chi connectivity index (χ0) is 11.5. The van der Waals surface area contributed by atoms with Crippen molar-refractivity contribution in [2.75, 3.05) is 13.1 Å². The monoisotopic (exact) mass is 221 g/mol. The Morgan fingerprint density at radius 3 is 2.88 bits per heavy atom. The van der Waals surface area contributed by atoms with Gasteiger partial charge in [0.05, 0.1) is 5.56 Å². The molecule has 0 aliphatic carbocycles. The van der Waals surface area contributed by atoms with Gasteiger partial charge in [-0.3, -0.25) is 4.79 Å². The summed E-state index contributed by atoms with van der Waals surface area (Å²) < 4.78 is 13.4. The highest BCUT2D eigenvalue weighted by Gasteiger charge is 2.26. The first-order valence-electron chi connectivity index (χ1n) is 5.76. The van der Waals surface area contributed by atoms with Crippen LogP contribution in [0.25, 0.3) is 0 Å². The first-order chi connectivity index (χ1) is 7.72. The molecule has 2 nitrogen and oxygen atoms in total. The van der Waals surface area contributed by atoms with Gasteiger partial charge >= 0.3 is 0 Å². The van der Waals surface area contributed by atoms with E-state index in [1.54, 1.807) is 23.1 Å². The molecule has 1 unspecified atom stereocenters. The Morgan fingerprint density at radius 1 is 1.50 bits per heavy atom. The van der Waals surface area contributed by atoms with Crippen LogP contribution in [0.15, 0.2) is 24.3 Å². The summed E-state index contributed by atoms with van der Waals surface area (Å²) in [7, 11) is 0. The quantitative estimate of drug-likeness (QED) is 0.752. The minimum atomic E-state index is -0.424. The van der Waals surface area contributed by atoms with Crippen molar-refractivity contribution in [3.63, 3.8) is 0 Å². The number of rotatable bonds is 2. The maximum Gasteiger partial charge on any atom is 0.256 e. The summed E-state index contributed by atoms with van der Waals surface area (Å²) in [6.45, 7) is 3.65. The van der Waals surface area contributed by atoms with Crippen LogP contribution in [0.4, 0.5) is 4.39 Å². The molecule has 1 amide bonds. The topological polar surface area (TPSA) is 20.3 Å². The largest absolute Gasteiger partial charge is 0.338 e. The average molecular weight is 221 g/mol. The third kappa shape index (κ3) is 2.08. The van der Waals surface area contributed by atoms with E-state index in [0.717, 1.165) is 25.9 Å². The molecule has 16 heavy (non-hydrogen) atoms. The molecule has 1 saturated heterocycles. The Hall–Kier alpha value is -1.38. The summed E-state index contributed by atoms with van der Waals surface area (Å²) in [5.41, 5.74) is 0.194. The molecule has 0 aromatic heterocycles. The predicted octanol–water partition coefficient (Wildman–Crippen LogP) is 2.70. The van der Waals surface area contributed by atoms with Crippen LogP contribution in [-0.4, -0.2) is 23.9 Å². The fourth-order valence-corrected chi connectivity index (χ4v) is 2.16. The van der Waals surface area contributed by atoms with Crippen LogP contribution < -0.4 is 0 Å². The molecular weight excluding hydrogens is 205 g/mol. The lowest BCUT2D eigenvalue weighted by Gasteiger charge is -2.16. The summed E-state index contributed by atoms with van der Waals surface area (Å²) in [6, 6.07) is 6.19. The molecule has 1 heterocycles. The lowest BCUT2D eigenvalue weighted by atomic mass is 10.1. The van der Waals surface area contributed by atoms with Gasteiger partial charge in [-0.2, -0.15) is 0 Å².